The molecule has 9 nitrogen and oxygen atoms in total. The molecule has 1 N–H and O–H groups in total. The third kappa shape index (κ3) is 5.82. The van der Waals surface area contributed by atoms with E-state index in [4.69, 9.17) is 21.1 Å². The lowest BCUT2D eigenvalue weighted by Crippen LogP contribution is -2.46. The zero-order chi connectivity index (χ0) is 24.1. The van der Waals surface area contributed by atoms with Gasteiger partial charge in [-0.25, -0.2) is 4.79 Å². The molecule has 2 aliphatic rings. The van der Waals surface area contributed by atoms with Crippen molar-refractivity contribution >= 4 is 23.3 Å². The van der Waals surface area contributed by atoms with Crippen LogP contribution in [0, 0.1) is 5.92 Å². The topological polar surface area (TPSA) is 88.9 Å². The molecule has 2 aliphatic heterocycles. The molecule has 1 atom stereocenters. The number of halogens is 1. The lowest BCUT2D eigenvalue weighted by Gasteiger charge is -2.33. The third-order valence-electron chi connectivity index (χ3n) is 6.23. The zero-order valence-electron chi connectivity index (χ0n) is 19.7. The molecule has 2 aromatic rings. The minimum Gasteiger partial charge on any atom is -0.490 e. The molecule has 34 heavy (non-hydrogen) atoms. The van der Waals surface area contributed by atoms with Crippen molar-refractivity contribution in [2.24, 2.45) is 5.92 Å². The summed E-state index contributed by atoms with van der Waals surface area (Å²) in [7, 11) is 3.52. The molecular weight excluding hydrogens is 458 g/mol. The smallest absolute Gasteiger partial charge is 0.319 e. The second-order valence-corrected chi connectivity index (χ2v) is 9.41. The Bertz CT molecular complexity index is 1030. The summed E-state index contributed by atoms with van der Waals surface area (Å²) >= 11 is 6.36. The molecule has 2 saturated heterocycles. The van der Waals surface area contributed by atoms with Crippen molar-refractivity contribution in [1.29, 1.82) is 0 Å². The van der Waals surface area contributed by atoms with Gasteiger partial charge in [-0.3, -0.25) is 4.79 Å². The van der Waals surface area contributed by atoms with Crippen LogP contribution >= 0.6 is 11.6 Å². The van der Waals surface area contributed by atoms with E-state index in [1.807, 2.05) is 17.0 Å². The van der Waals surface area contributed by atoms with Crippen molar-refractivity contribution in [3.05, 3.63) is 45.8 Å². The number of benzene rings is 1. The quantitative estimate of drug-likeness (QED) is 0.670. The van der Waals surface area contributed by atoms with Crippen LogP contribution in [0.2, 0.25) is 5.02 Å². The first kappa shape index (κ1) is 24.3. The van der Waals surface area contributed by atoms with Gasteiger partial charge in [0.25, 0.3) is 5.56 Å². The summed E-state index contributed by atoms with van der Waals surface area (Å²) in [6, 6.07) is 7.26. The Morgan fingerprint density at radius 2 is 1.97 bits per heavy atom. The second kappa shape index (κ2) is 11.1. The minimum atomic E-state index is -0.377. The Morgan fingerprint density at radius 1 is 1.24 bits per heavy atom. The number of aromatic nitrogens is 2. The summed E-state index contributed by atoms with van der Waals surface area (Å²) in [6.07, 6.45) is 5.33. The van der Waals surface area contributed by atoms with Gasteiger partial charge in [0.15, 0.2) is 0 Å². The Balaban J connectivity index is 1.35. The van der Waals surface area contributed by atoms with E-state index in [9.17, 15) is 9.59 Å². The Hall–Kier alpha value is -2.78. The van der Waals surface area contributed by atoms with Gasteiger partial charge >= 0.3 is 6.03 Å². The molecule has 3 heterocycles. The van der Waals surface area contributed by atoms with Crippen molar-refractivity contribution in [1.82, 2.24) is 19.6 Å². The first-order valence-electron chi connectivity index (χ1n) is 11.7. The maximum atomic E-state index is 12.8. The summed E-state index contributed by atoms with van der Waals surface area (Å²) in [5.41, 5.74) is 0.767. The molecule has 2 fully saturated rings. The lowest BCUT2D eigenvalue weighted by atomic mass is 10.0. The average molecular weight is 490 g/mol. The fraction of sp³-hybridized carbons (Fsp3) is 0.542. The minimum absolute atomic E-state index is 0.0311. The zero-order valence-corrected chi connectivity index (χ0v) is 20.5. The molecule has 0 spiro atoms. The monoisotopic (exact) mass is 489 g/mol. The Labute approximate surface area is 204 Å². The van der Waals surface area contributed by atoms with Gasteiger partial charge in [0.05, 0.1) is 24.2 Å². The predicted molar refractivity (Wildman–Crippen MR) is 131 cm³/mol. The SMILES string of the molecule is CN(C)C(=O)N1CCC(Oc2ccc(-n3ncc(NC[C@H]4CCCOC4)c(Cl)c3=O)cc2)CC1. The number of nitrogens with one attached hydrogen (secondary N) is 1. The molecule has 0 unspecified atom stereocenters. The number of carbonyl (C=O) groups is 1. The number of anilines is 1. The normalized spacial score (nSPS) is 19.0. The van der Waals surface area contributed by atoms with Gasteiger partial charge in [-0.1, -0.05) is 11.6 Å². The molecule has 4 rings (SSSR count). The number of hydrogen-bond acceptors (Lipinski definition) is 6. The molecule has 184 valence electrons. The van der Waals surface area contributed by atoms with Gasteiger partial charge < -0.3 is 24.6 Å². The molecule has 0 saturated carbocycles. The molecule has 1 aromatic heterocycles. The lowest BCUT2D eigenvalue weighted by molar-refractivity contribution is 0.0595. The summed E-state index contributed by atoms with van der Waals surface area (Å²) in [5, 5.41) is 7.66. The highest BCUT2D eigenvalue weighted by atomic mass is 35.5. The van der Waals surface area contributed by atoms with Crippen LogP contribution in [0.25, 0.3) is 5.69 Å². The predicted octanol–water partition coefficient (Wildman–Crippen LogP) is 3.25. The summed E-state index contributed by atoms with van der Waals surface area (Å²) < 4.78 is 12.9. The number of hydrogen-bond donors (Lipinski definition) is 1. The number of amides is 2. The van der Waals surface area contributed by atoms with Crippen LogP contribution < -0.4 is 15.6 Å². The summed E-state index contributed by atoms with van der Waals surface area (Å²) in [5.74, 6) is 1.12. The molecule has 2 amide bonds. The number of likely N-dealkylation sites (tertiary alicyclic amines) is 1. The van der Waals surface area contributed by atoms with Crippen LogP contribution in [0.4, 0.5) is 10.5 Å². The van der Waals surface area contributed by atoms with Crippen LogP contribution in [-0.4, -0.2) is 78.7 Å². The van der Waals surface area contributed by atoms with E-state index in [-0.39, 0.29) is 22.7 Å². The van der Waals surface area contributed by atoms with Gasteiger partial charge in [0, 0.05) is 53.2 Å². The van der Waals surface area contributed by atoms with Crippen LogP contribution in [0.1, 0.15) is 25.7 Å². The molecule has 1 aromatic carbocycles. The summed E-state index contributed by atoms with van der Waals surface area (Å²) in [4.78, 5) is 28.3. The first-order chi connectivity index (χ1) is 16.4. The van der Waals surface area contributed by atoms with Gasteiger partial charge in [-0.05, 0) is 43.0 Å². The maximum Gasteiger partial charge on any atom is 0.319 e. The third-order valence-corrected chi connectivity index (χ3v) is 6.60. The van der Waals surface area contributed by atoms with Gasteiger partial charge in [-0.15, -0.1) is 0 Å². The largest absolute Gasteiger partial charge is 0.490 e. The summed E-state index contributed by atoms with van der Waals surface area (Å²) in [6.45, 7) is 3.57. The van der Waals surface area contributed by atoms with E-state index in [0.717, 1.165) is 38.9 Å². The Kier molecular flexibility index (Phi) is 7.95. The molecular formula is C24H32ClN5O4. The van der Waals surface area contributed by atoms with Crippen LogP contribution in [0.5, 0.6) is 5.75 Å². The van der Waals surface area contributed by atoms with E-state index >= 15 is 0 Å². The van der Waals surface area contributed by atoms with E-state index in [2.05, 4.69) is 10.4 Å². The van der Waals surface area contributed by atoms with Crippen LogP contribution in [0.3, 0.4) is 0 Å². The van der Waals surface area contributed by atoms with Gasteiger partial charge in [0.1, 0.15) is 16.9 Å². The van der Waals surface area contributed by atoms with Gasteiger partial charge in [0.2, 0.25) is 0 Å². The van der Waals surface area contributed by atoms with Crippen molar-refractivity contribution < 1.29 is 14.3 Å². The van der Waals surface area contributed by atoms with E-state index < -0.39 is 0 Å². The average Bonchev–Trinajstić information content (AvgIpc) is 2.86. The molecule has 0 radical (unpaired) electrons. The number of rotatable bonds is 6. The van der Waals surface area contributed by atoms with E-state index in [1.54, 1.807) is 37.3 Å². The fourth-order valence-corrected chi connectivity index (χ4v) is 4.46. The fourth-order valence-electron chi connectivity index (χ4n) is 4.27. The van der Waals surface area contributed by atoms with E-state index in [1.165, 1.54) is 4.68 Å². The number of piperidine rings is 1. The van der Waals surface area contributed by atoms with Crippen molar-refractivity contribution in [2.45, 2.75) is 31.8 Å². The molecule has 0 bridgehead atoms. The number of urea groups is 1. The highest BCUT2D eigenvalue weighted by Gasteiger charge is 2.25. The van der Waals surface area contributed by atoms with Crippen molar-refractivity contribution in [3.8, 4) is 11.4 Å². The number of nitrogens with zero attached hydrogens (tertiary/aromatic N) is 4. The standard InChI is InChI=1S/C24H32ClN5O4/c1-28(2)24(32)29-11-9-20(10-12-29)34-19-7-5-18(6-8-19)30-23(31)22(25)21(15-27-30)26-14-17-4-3-13-33-16-17/h5-8,15,17,20,26H,3-4,9-14,16H2,1-2H3/t17-/m1/s1. The van der Waals surface area contributed by atoms with Gasteiger partial charge in [-0.2, -0.15) is 9.78 Å². The van der Waals surface area contributed by atoms with Crippen molar-refractivity contribution in [3.63, 3.8) is 0 Å². The Morgan fingerprint density at radius 3 is 2.62 bits per heavy atom. The number of carbonyl (C=O) groups excluding carboxylic acids is 1. The first-order valence-corrected chi connectivity index (χ1v) is 12.1. The second-order valence-electron chi connectivity index (χ2n) is 9.03. The van der Waals surface area contributed by atoms with Crippen molar-refractivity contribution in [2.75, 3.05) is 52.3 Å². The van der Waals surface area contributed by atoms with E-state index in [0.29, 0.717) is 42.7 Å². The number of ether oxygens (including phenoxy) is 2. The maximum absolute atomic E-state index is 12.8. The molecule has 10 heteroatoms. The highest BCUT2D eigenvalue weighted by molar-refractivity contribution is 6.32. The van der Waals surface area contributed by atoms with Crippen LogP contribution in [-0.2, 0) is 4.74 Å². The molecule has 0 aliphatic carbocycles. The van der Waals surface area contributed by atoms with Crippen LogP contribution in [0.15, 0.2) is 35.3 Å². The highest BCUT2D eigenvalue weighted by Crippen LogP contribution is 2.22.